The van der Waals surface area contributed by atoms with Crippen molar-refractivity contribution in [1.82, 2.24) is 4.90 Å². The molecule has 0 aliphatic heterocycles. The first-order valence-electron chi connectivity index (χ1n) is 7.63. The summed E-state index contributed by atoms with van der Waals surface area (Å²) < 4.78 is 5.59. The first-order valence-corrected chi connectivity index (χ1v) is 7.63. The van der Waals surface area contributed by atoms with Crippen molar-refractivity contribution in [3.05, 3.63) is 29.8 Å². The maximum absolute atomic E-state index is 12.3. The fourth-order valence-electron chi connectivity index (χ4n) is 2.13. The molecule has 1 aromatic rings. The molecule has 0 aliphatic rings. The smallest absolute Gasteiger partial charge is 0.264 e. The van der Waals surface area contributed by atoms with Crippen LogP contribution >= 0.6 is 0 Å². The zero-order valence-corrected chi connectivity index (χ0v) is 14.5. The summed E-state index contributed by atoms with van der Waals surface area (Å²) in [5, 5.41) is 0. The Morgan fingerprint density at radius 2 is 1.50 bits per heavy atom. The summed E-state index contributed by atoms with van der Waals surface area (Å²) in [4.78, 5) is 35.4. The molecular weight excluding hydrogens is 310 g/mol. The van der Waals surface area contributed by atoms with E-state index in [1.807, 2.05) is 12.1 Å². The maximum atomic E-state index is 12.3. The van der Waals surface area contributed by atoms with Gasteiger partial charge in [0.1, 0.15) is 5.75 Å². The Balaban J connectivity index is 2.80. The molecule has 0 heterocycles. The minimum Gasteiger partial charge on any atom is -0.481 e. The topological polar surface area (TPSA) is 116 Å². The van der Waals surface area contributed by atoms with Crippen molar-refractivity contribution in [3.63, 3.8) is 0 Å². The molecule has 24 heavy (non-hydrogen) atoms. The van der Waals surface area contributed by atoms with Crippen molar-refractivity contribution >= 4 is 17.7 Å². The minimum atomic E-state index is -0.885. The molecule has 0 spiro atoms. The number of carbonyl (C=O) groups excluding carboxylic acids is 3. The van der Waals surface area contributed by atoms with Gasteiger partial charge >= 0.3 is 0 Å². The minimum absolute atomic E-state index is 0.0136. The van der Waals surface area contributed by atoms with E-state index in [0.717, 1.165) is 10.5 Å². The quantitative estimate of drug-likeness (QED) is 0.757. The molecule has 0 unspecified atom stereocenters. The van der Waals surface area contributed by atoms with E-state index in [9.17, 15) is 14.4 Å². The largest absolute Gasteiger partial charge is 0.481 e. The molecule has 0 fully saturated rings. The third kappa shape index (κ3) is 5.91. The van der Waals surface area contributed by atoms with Crippen molar-refractivity contribution in [3.8, 4) is 5.75 Å². The second-order valence-electron chi connectivity index (χ2n) is 6.66. The molecule has 132 valence electrons. The second-order valence-corrected chi connectivity index (χ2v) is 6.66. The van der Waals surface area contributed by atoms with E-state index in [2.05, 4.69) is 20.8 Å². The first kappa shape index (κ1) is 19.5. The molecule has 0 aromatic heterocycles. The molecule has 0 radical (unpaired) electrons. The zero-order valence-electron chi connectivity index (χ0n) is 14.5. The summed E-state index contributed by atoms with van der Waals surface area (Å²) in [6.45, 7) is 7.05. The van der Waals surface area contributed by atoms with Crippen LogP contribution < -0.4 is 16.2 Å². The molecule has 7 nitrogen and oxygen atoms in total. The van der Waals surface area contributed by atoms with E-state index >= 15 is 0 Å². The average molecular weight is 335 g/mol. The summed E-state index contributed by atoms with van der Waals surface area (Å²) in [5.41, 5.74) is 11.3. The highest BCUT2D eigenvalue weighted by Gasteiger charge is 2.25. The van der Waals surface area contributed by atoms with Gasteiger partial charge in [0.25, 0.3) is 5.91 Å². The second kappa shape index (κ2) is 7.81. The monoisotopic (exact) mass is 335 g/mol. The molecule has 3 amide bonds. The third-order valence-corrected chi connectivity index (χ3v) is 3.39. The fourth-order valence-corrected chi connectivity index (χ4v) is 2.13. The lowest BCUT2D eigenvalue weighted by Crippen LogP contribution is -2.48. The molecule has 0 bridgehead atoms. The Morgan fingerprint density at radius 1 is 1.04 bits per heavy atom. The predicted octanol–water partition coefficient (Wildman–Crippen LogP) is 0.551. The van der Waals surface area contributed by atoms with Gasteiger partial charge in [0, 0.05) is 0 Å². The molecule has 0 aliphatic carbocycles. The fraction of sp³-hybridized carbons (Fsp3) is 0.471. The summed E-state index contributed by atoms with van der Waals surface area (Å²) in [6.07, 6.45) is -0.885. The molecule has 4 N–H and O–H groups in total. The zero-order chi connectivity index (χ0) is 18.5. The highest BCUT2D eigenvalue weighted by molar-refractivity contribution is 5.90. The van der Waals surface area contributed by atoms with Gasteiger partial charge in [-0.25, -0.2) is 0 Å². The van der Waals surface area contributed by atoms with E-state index in [1.165, 1.54) is 6.92 Å². The van der Waals surface area contributed by atoms with Crippen molar-refractivity contribution in [2.24, 2.45) is 11.5 Å². The number of amides is 3. The normalized spacial score (nSPS) is 12.3. The van der Waals surface area contributed by atoms with Gasteiger partial charge in [-0.3, -0.25) is 14.4 Å². The van der Waals surface area contributed by atoms with Crippen LogP contribution in [0.4, 0.5) is 0 Å². The van der Waals surface area contributed by atoms with Gasteiger partial charge in [-0.05, 0) is 30.0 Å². The Hall–Kier alpha value is -2.57. The summed E-state index contributed by atoms with van der Waals surface area (Å²) in [5.74, 6) is -1.48. The highest BCUT2D eigenvalue weighted by Crippen LogP contribution is 2.24. The summed E-state index contributed by atoms with van der Waals surface area (Å²) in [7, 11) is 0. The molecular formula is C17H25N3O4. The van der Waals surface area contributed by atoms with Crippen LogP contribution in [0.1, 0.15) is 33.3 Å². The number of hydrogen-bond acceptors (Lipinski definition) is 4. The third-order valence-electron chi connectivity index (χ3n) is 3.39. The standard InChI is InChI=1S/C17H25N3O4/c1-11(16(23)20(9-14(18)21)10-15(19)22)24-13-7-5-12(6-8-13)17(2,3)4/h5-8,11H,9-10H2,1-4H3,(H2,18,21)(H2,19,22)/t11-/m1/s1. The van der Waals surface area contributed by atoms with Crippen molar-refractivity contribution < 1.29 is 19.1 Å². The van der Waals surface area contributed by atoms with Crippen LogP contribution in [0.3, 0.4) is 0 Å². The predicted molar refractivity (Wildman–Crippen MR) is 90.2 cm³/mol. The lowest BCUT2D eigenvalue weighted by Gasteiger charge is -2.24. The molecule has 1 aromatic carbocycles. The van der Waals surface area contributed by atoms with Crippen LogP contribution in [0, 0.1) is 0 Å². The van der Waals surface area contributed by atoms with Crippen LogP contribution in [-0.2, 0) is 19.8 Å². The van der Waals surface area contributed by atoms with Crippen LogP contribution in [-0.4, -0.2) is 41.8 Å². The van der Waals surface area contributed by atoms with Crippen molar-refractivity contribution in [1.29, 1.82) is 0 Å². The van der Waals surface area contributed by atoms with Gasteiger partial charge < -0.3 is 21.1 Å². The SMILES string of the molecule is C[C@@H](Oc1ccc(C(C)(C)C)cc1)C(=O)N(CC(N)=O)CC(N)=O. The summed E-state index contributed by atoms with van der Waals surface area (Å²) in [6, 6.07) is 7.40. The number of nitrogens with zero attached hydrogens (tertiary/aromatic N) is 1. The van der Waals surface area contributed by atoms with E-state index in [-0.39, 0.29) is 5.41 Å². The summed E-state index contributed by atoms with van der Waals surface area (Å²) >= 11 is 0. The van der Waals surface area contributed by atoms with E-state index in [0.29, 0.717) is 5.75 Å². The number of ether oxygens (including phenoxy) is 1. The van der Waals surface area contributed by atoms with Crippen LogP contribution in [0.2, 0.25) is 0 Å². The van der Waals surface area contributed by atoms with Gasteiger partial charge in [0.2, 0.25) is 11.8 Å². The number of carbonyl (C=O) groups is 3. The van der Waals surface area contributed by atoms with Gasteiger partial charge in [-0.2, -0.15) is 0 Å². The Morgan fingerprint density at radius 3 is 1.88 bits per heavy atom. The first-order chi connectivity index (χ1) is 11.0. The van der Waals surface area contributed by atoms with Crippen molar-refractivity contribution in [2.75, 3.05) is 13.1 Å². The molecule has 7 heteroatoms. The Labute approximate surface area is 141 Å². The van der Waals surface area contributed by atoms with Crippen LogP contribution in [0.5, 0.6) is 5.75 Å². The maximum Gasteiger partial charge on any atom is 0.264 e. The van der Waals surface area contributed by atoms with Crippen LogP contribution in [0.25, 0.3) is 0 Å². The molecule has 0 saturated carbocycles. The highest BCUT2D eigenvalue weighted by atomic mass is 16.5. The van der Waals surface area contributed by atoms with Crippen LogP contribution in [0.15, 0.2) is 24.3 Å². The Kier molecular flexibility index (Phi) is 6.34. The number of rotatable bonds is 7. The van der Waals surface area contributed by atoms with Crippen molar-refractivity contribution in [2.45, 2.75) is 39.2 Å². The van der Waals surface area contributed by atoms with Gasteiger partial charge in [-0.1, -0.05) is 32.9 Å². The Bertz CT molecular complexity index is 589. The molecule has 1 rings (SSSR count). The van der Waals surface area contributed by atoms with E-state index in [4.69, 9.17) is 16.2 Å². The lowest BCUT2D eigenvalue weighted by molar-refractivity contribution is -0.143. The van der Waals surface area contributed by atoms with E-state index in [1.54, 1.807) is 12.1 Å². The average Bonchev–Trinajstić information content (AvgIpc) is 2.44. The van der Waals surface area contributed by atoms with Gasteiger partial charge in [-0.15, -0.1) is 0 Å². The number of benzene rings is 1. The lowest BCUT2D eigenvalue weighted by atomic mass is 9.87. The molecule has 1 atom stereocenters. The number of hydrogen-bond donors (Lipinski definition) is 2. The molecule has 0 saturated heterocycles. The van der Waals surface area contributed by atoms with Gasteiger partial charge in [0.15, 0.2) is 6.10 Å². The number of nitrogens with two attached hydrogens (primary N) is 2. The van der Waals surface area contributed by atoms with E-state index < -0.39 is 36.9 Å². The number of primary amides is 2. The van der Waals surface area contributed by atoms with Gasteiger partial charge in [0.05, 0.1) is 13.1 Å².